The molecule has 0 amide bonds. The maximum atomic E-state index is 5.23. The fourth-order valence-electron chi connectivity index (χ4n) is 22.3. The third-order valence-electron chi connectivity index (χ3n) is 29.2. The third-order valence-corrected chi connectivity index (χ3v) is 29.2. The fourth-order valence-corrected chi connectivity index (χ4v) is 22.3. The fraction of sp³-hybridized carbons (Fsp3) is 0. The minimum absolute atomic E-state index is 0.588. The molecular weight excluding hydrogens is 1830 g/mol. The molecule has 0 spiro atoms. The van der Waals surface area contributed by atoms with Gasteiger partial charge in [0.05, 0.1) is 89.0 Å². The Morgan fingerprint density at radius 3 is 0.680 bits per heavy atom. The molecule has 150 heavy (non-hydrogen) atoms. The summed E-state index contributed by atoms with van der Waals surface area (Å²) in [6.07, 6.45) is 0. The van der Waals surface area contributed by atoms with E-state index in [4.69, 9.17) is 29.9 Å². The van der Waals surface area contributed by atoms with Crippen LogP contribution in [0.4, 0.5) is 0 Å². The number of rotatable bonds is 15. The second kappa shape index (κ2) is 37.1. The molecule has 12 heteroatoms. The lowest BCUT2D eigenvalue weighted by atomic mass is 10.0. The highest BCUT2D eigenvalue weighted by Crippen LogP contribution is 2.46. The summed E-state index contributed by atoms with van der Waals surface area (Å²) in [7, 11) is 0. The average Bonchev–Trinajstić information content (AvgIpc) is 1.63. The van der Waals surface area contributed by atoms with Gasteiger partial charge in [-0.25, -0.2) is 19.9 Å². The molecule has 0 saturated heterocycles. The van der Waals surface area contributed by atoms with Gasteiger partial charge < -0.3 is 18.3 Å². The van der Waals surface area contributed by atoms with E-state index in [-0.39, 0.29) is 0 Å². The number of hydrogen-bond donors (Lipinski definition) is 0. The van der Waals surface area contributed by atoms with Gasteiger partial charge in [0.15, 0.2) is 17.5 Å². The van der Waals surface area contributed by atoms with Crippen molar-refractivity contribution >= 4 is 131 Å². The minimum Gasteiger partial charge on any atom is -0.309 e. The summed E-state index contributed by atoms with van der Waals surface area (Å²) in [6, 6.07) is 193. The molecule has 0 aliphatic rings. The molecule has 0 atom stereocenters. The van der Waals surface area contributed by atoms with E-state index in [1.54, 1.807) is 0 Å². The molecular formula is C138H90N12. The maximum Gasteiger partial charge on any atom is 0.238 e. The zero-order chi connectivity index (χ0) is 99.1. The van der Waals surface area contributed by atoms with Gasteiger partial charge in [-0.2, -0.15) is 9.97 Å². The van der Waals surface area contributed by atoms with Gasteiger partial charge >= 0.3 is 0 Å². The molecule has 0 aliphatic carbocycles. The van der Waals surface area contributed by atoms with Crippen LogP contribution in [0, 0.1) is 0 Å². The molecule has 0 fully saturated rings. The molecule has 30 rings (SSSR count). The Morgan fingerprint density at radius 2 is 0.340 bits per heavy atom. The van der Waals surface area contributed by atoms with Crippen LogP contribution in [0.2, 0.25) is 0 Å². The van der Waals surface area contributed by atoms with Crippen LogP contribution in [-0.4, -0.2) is 57.3 Å². The van der Waals surface area contributed by atoms with Gasteiger partial charge in [0.1, 0.15) is 5.82 Å². The summed E-state index contributed by atoms with van der Waals surface area (Å²) in [4.78, 5) is 30.5. The van der Waals surface area contributed by atoms with Gasteiger partial charge in [0.2, 0.25) is 5.95 Å². The predicted octanol–water partition coefficient (Wildman–Crippen LogP) is 35.0. The van der Waals surface area contributed by atoms with Crippen LogP contribution in [0.1, 0.15) is 0 Å². The average molecular weight is 1920 g/mol. The number of hydrogen-bond acceptors (Lipinski definition) is 6. The van der Waals surface area contributed by atoms with Crippen LogP contribution in [0.25, 0.3) is 267 Å². The Morgan fingerprint density at radius 1 is 0.113 bits per heavy atom. The molecule has 0 radical (unpaired) electrons. The van der Waals surface area contributed by atoms with Crippen LogP contribution in [0.5, 0.6) is 0 Å². The molecule has 0 aliphatic heterocycles. The highest BCUT2D eigenvalue weighted by Gasteiger charge is 2.26. The van der Waals surface area contributed by atoms with E-state index < -0.39 is 0 Å². The van der Waals surface area contributed by atoms with E-state index in [1.807, 2.05) is 84.9 Å². The van der Waals surface area contributed by atoms with Crippen LogP contribution in [0.15, 0.2) is 546 Å². The van der Waals surface area contributed by atoms with Crippen molar-refractivity contribution in [3.8, 4) is 136 Å². The summed E-state index contributed by atoms with van der Waals surface area (Å²) in [5.74, 6) is 3.40. The smallest absolute Gasteiger partial charge is 0.238 e. The molecule has 0 bridgehead atoms. The topological polar surface area (TPSA) is 107 Å². The molecule has 12 nitrogen and oxygen atoms in total. The quantitative estimate of drug-likeness (QED) is 0.101. The van der Waals surface area contributed by atoms with Crippen molar-refractivity contribution in [2.75, 3.05) is 0 Å². The number of benzene rings is 21. The van der Waals surface area contributed by atoms with Crippen molar-refractivity contribution in [1.29, 1.82) is 0 Å². The summed E-state index contributed by atoms with van der Waals surface area (Å²) < 4.78 is 14.0. The van der Waals surface area contributed by atoms with E-state index in [1.165, 1.54) is 115 Å². The monoisotopic (exact) mass is 1910 g/mol. The van der Waals surface area contributed by atoms with E-state index in [9.17, 15) is 0 Å². The third kappa shape index (κ3) is 15.5. The summed E-state index contributed by atoms with van der Waals surface area (Å²) >= 11 is 0. The van der Waals surface area contributed by atoms with Crippen molar-refractivity contribution in [3.05, 3.63) is 546 Å². The second-order valence-electron chi connectivity index (χ2n) is 38.0. The highest BCUT2D eigenvalue weighted by atomic mass is 15.2. The molecule has 9 aromatic heterocycles. The van der Waals surface area contributed by atoms with Gasteiger partial charge in [-0.3, -0.25) is 9.13 Å². The first-order valence-electron chi connectivity index (χ1n) is 50.8. The number of para-hydroxylation sites is 9. The Bertz CT molecular complexity index is 9870. The molecule has 0 saturated carbocycles. The Balaban J connectivity index is 0.000000108. The Labute approximate surface area is 863 Å². The number of aromatic nitrogens is 12. The largest absolute Gasteiger partial charge is 0.309 e. The predicted molar refractivity (Wildman–Crippen MR) is 621 cm³/mol. The van der Waals surface area contributed by atoms with Crippen molar-refractivity contribution in [3.63, 3.8) is 0 Å². The lowest BCUT2D eigenvalue weighted by Crippen LogP contribution is -2.06. The van der Waals surface area contributed by atoms with Crippen molar-refractivity contribution in [2.24, 2.45) is 0 Å². The first-order valence-corrected chi connectivity index (χ1v) is 50.8. The zero-order valence-corrected chi connectivity index (χ0v) is 81.3. The van der Waals surface area contributed by atoms with E-state index >= 15 is 0 Å². The van der Waals surface area contributed by atoms with Gasteiger partial charge in [-0.1, -0.05) is 400 Å². The van der Waals surface area contributed by atoms with E-state index in [0.717, 1.165) is 129 Å². The molecule has 702 valence electrons. The molecule has 30 aromatic rings. The normalized spacial score (nSPS) is 11.6. The lowest BCUT2D eigenvalue weighted by molar-refractivity contribution is 0.953. The first-order chi connectivity index (χ1) is 74.4. The van der Waals surface area contributed by atoms with E-state index in [0.29, 0.717) is 23.4 Å². The summed E-state index contributed by atoms with van der Waals surface area (Å²) in [6.45, 7) is 0. The van der Waals surface area contributed by atoms with Gasteiger partial charge in [-0.05, 0) is 173 Å². The molecule has 21 aromatic carbocycles. The lowest BCUT2D eigenvalue weighted by Gasteiger charge is -2.13. The van der Waals surface area contributed by atoms with Gasteiger partial charge in [-0.15, -0.1) is 0 Å². The van der Waals surface area contributed by atoms with Gasteiger partial charge in [0, 0.05) is 121 Å². The highest BCUT2D eigenvalue weighted by molar-refractivity contribution is 6.17. The van der Waals surface area contributed by atoms with Gasteiger partial charge in [0.25, 0.3) is 0 Å². The SMILES string of the molecule is c1ccc(-c2cc(-n3c4ccccc4c4cc(-c5ccc6c7ccccc7n(-c7ccccc7)c6c5)ccc43)cc(-c3ccccc3)n2)cc1.c1ccc(-c2cc(-n3c4ccccc4c4ccc(-c5ccc6c(c5)c5ccccc5n6-c5ccccc5)cc43)nc(-c3ccccc3)n2)cc1.c1ccc(-c2nc(-c3ccccc3)nc(-n3c4ccccc4c4cc(-c5ccc6c7ccccc7n(-c7ccccc7)c6c5)ccc43)n2)cc1. The van der Waals surface area contributed by atoms with E-state index in [2.05, 4.69) is 488 Å². The number of fused-ring (bicyclic) bond motifs is 18. The maximum absolute atomic E-state index is 5.23. The van der Waals surface area contributed by atoms with Crippen molar-refractivity contribution in [2.45, 2.75) is 0 Å². The minimum atomic E-state index is 0.588. The second-order valence-corrected chi connectivity index (χ2v) is 38.0. The van der Waals surface area contributed by atoms with Crippen LogP contribution >= 0.6 is 0 Å². The zero-order valence-electron chi connectivity index (χ0n) is 81.3. The molecule has 0 N–H and O–H groups in total. The number of pyridine rings is 1. The molecule has 9 heterocycles. The van der Waals surface area contributed by atoms with Crippen molar-refractivity contribution in [1.82, 2.24) is 57.3 Å². The van der Waals surface area contributed by atoms with Crippen LogP contribution in [0.3, 0.4) is 0 Å². The molecule has 0 unspecified atom stereocenters. The standard InChI is InChI=1S/C47H31N3.C46H30N4.C45H29N5/c1-4-14-32(15-5-1)42-30-37(31-43(48-42)33-16-6-2-7-17-33)50-45-23-13-11-21-39(45)41-28-34(25-27-46(41)50)35-24-26-40-38-20-10-12-22-44(38)49(47(40)29-35)36-18-8-3-9-19-36;1-4-14-31(15-5-1)40-30-45(48-46(47-40)32-16-6-2-7-17-32)50-42-23-13-10-20-36(42)38-26-24-34(29-44(38)50)33-25-27-43-39(28-33)37-21-11-12-22-41(37)49(43)35-18-8-3-9-19-35;1-4-14-30(15-5-1)43-46-44(31-16-6-2-7-17-31)48-45(47-43)50-40-23-13-11-21-36(40)38-28-32(25-27-41(38)50)33-24-26-37-35-20-10-12-22-39(35)49(42(37)29-33)34-18-8-3-9-19-34/h1-31H;1-30H;1-29H. The van der Waals surface area contributed by atoms with Crippen molar-refractivity contribution < 1.29 is 0 Å². The number of nitrogens with zero attached hydrogens (tertiary/aromatic N) is 12. The Kier molecular flexibility index (Phi) is 21.6. The van der Waals surface area contributed by atoms with Crippen LogP contribution in [-0.2, 0) is 0 Å². The van der Waals surface area contributed by atoms with Crippen LogP contribution < -0.4 is 0 Å². The first kappa shape index (κ1) is 87.5. The summed E-state index contributed by atoms with van der Waals surface area (Å²) in [5.41, 5.74) is 34.3. The Hall–Kier alpha value is -20.3. The summed E-state index contributed by atoms with van der Waals surface area (Å²) in [5, 5.41) is 14.6.